The van der Waals surface area contributed by atoms with Crippen molar-refractivity contribution < 1.29 is 9.90 Å². The molecule has 1 aliphatic carbocycles. The van der Waals surface area contributed by atoms with Gasteiger partial charge in [-0.2, -0.15) is 0 Å². The van der Waals surface area contributed by atoms with Crippen LogP contribution < -0.4 is 0 Å². The number of rotatable bonds is 7. The maximum atomic E-state index is 10.8. The average molecular weight is 253 g/mol. The Bertz CT molecular complexity index is 385. The molecule has 0 aliphatic heterocycles. The van der Waals surface area contributed by atoms with Crippen molar-refractivity contribution in [3.05, 3.63) is 21.9 Å². The smallest absolute Gasteiger partial charge is 0.317 e. The van der Waals surface area contributed by atoms with Gasteiger partial charge in [0.15, 0.2) is 0 Å². The second-order valence-corrected chi connectivity index (χ2v) is 5.98. The maximum absolute atomic E-state index is 10.8. The standard InChI is InChI=1S/C13H19NO2S/c1-2-11-5-6-12(17-11)8-14(9-13(15)16)7-10-3-4-10/h5-6,10H,2-4,7-9H2,1H3,(H,15,16). The molecule has 0 aromatic carbocycles. The van der Waals surface area contributed by atoms with E-state index in [0.29, 0.717) is 0 Å². The summed E-state index contributed by atoms with van der Waals surface area (Å²) in [6.45, 7) is 4.03. The summed E-state index contributed by atoms with van der Waals surface area (Å²) in [7, 11) is 0. The molecule has 2 rings (SSSR count). The lowest BCUT2D eigenvalue weighted by atomic mass is 10.3. The largest absolute Gasteiger partial charge is 0.480 e. The van der Waals surface area contributed by atoms with Crippen LogP contribution in [0.4, 0.5) is 0 Å². The van der Waals surface area contributed by atoms with Crippen LogP contribution in [0.2, 0.25) is 0 Å². The van der Waals surface area contributed by atoms with Crippen molar-refractivity contribution in [3.63, 3.8) is 0 Å². The van der Waals surface area contributed by atoms with Gasteiger partial charge in [0, 0.05) is 22.8 Å². The monoisotopic (exact) mass is 253 g/mol. The first-order valence-electron chi connectivity index (χ1n) is 6.19. The molecule has 17 heavy (non-hydrogen) atoms. The van der Waals surface area contributed by atoms with Crippen molar-refractivity contribution in [2.75, 3.05) is 13.1 Å². The number of thiophene rings is 1. The average Bonchev–Trinajstić information content (AvgIpc) is 2.95. The van der Waals surface area contributed by atoms with Gasteiger partial charge in [-0.05, 0) is 37.3 Å². The molecule has 0 unspecified atom stereocenters. The van der Waals surface area contributed by atoms with Gasteiger partial charge in [-0.25, -0.2) is 0 Å². The van der Waals surface area contributed by atoms with Crippen LogP contribution in [-0.4, -0.2) is 29.1 Å². The van der Waals surface area contributed by atoms with E-state index >= 15 is 0 Å². The Morgan fingerprint density at radius 3 is 2.71 bits per heavy atom. The highest BCUT2D eigenvalue weighted by Crippen LogP contribution is 2.30. The lowest BCUT2D eigenvalue weighted by Crippen LogP contribution is -2.30. The third-order valence-corrected chi connectivity index (χ3v) is 4.23. The van der Waals surface area contributed by atoms with E-state index in [2.05, 4.69) is 24.0 Å². The van der Waals surface area contributed by atoms with Crippen molar-refractivity contribution >= 4 is 17.3 Å². The second-order valence-electron chi connectivity index (χ2n) is 4.73. The number of nitrogens with zero attached hydrogens (tertiary/aromatic N) is 1. The van der Waals surface area contributed by atoms with E-state index in [-0.39, 0.29) is 6.54 Å². The topological polar surface area (TPSA) is 40.5 Å². The normalized spacial score (nSPS) is 15.4. The molecule has 1 aromatic rings. The van der Waals surface area contributed by atoms with Gasteiger partial charge < -0.3 is 5.11 Å². The van der Waals surface area contributed by atoms with E-state index < -0.39 is 5.97 Å². The van der Waals surface area contributed by atoms with Crippen LogP contribution in [0.15, 0.2) is 12.1 Å². The Balaban J connectivity index is 1.92. The zero-order valence-corrected chi connectivity index (χ0v) is 11.0. The van der Waals surface area contributed by atoms with Crippen LogP contribution >= 0.6 is 11.3 Å². The van der Waals surface area contributed by atoms with E-state index in [1.165, 1.54) is 22.6 Å². The van der Waals surface area contributed by atoms with Gasteiger partial charge in [-0.3, -0.25) is 9.69 Å². The number of carboxylic acids is 1. The fraction of sp³-hybridized carbons (Fsp3) is 0.615. The quantitative estimate of drug-likeness (QED) is 0.812. The molecule has 0 atom stereocenters. The molecule has 0 bridgehead atoms. The highest BCUT2D eigenvalue weighted by molar-refractivity contribution is 7.11. The molecular formula is C13H19NO2S. The molecule has 3 nitrogen and oxygen atoms in total. The van der Waals surface area contributed by atoms with Crippen LogP contribution in [0.25, 0.3) is 0 Å². The molecule has 94 valence electrons. The molecule has 4 heteroatoms. The zero-order chi connectivity index (χ0) is 12.3. The van der Waals surface area contributed by atoms with E-state index in [0.717, 1.165) is 25.4 Å². The summed E-state index contributed by atoms with van der Waals surface area (Å²) in [6.07, 6.45) is 3.59. The molecular weight excluding hydrogens is 234 g/mol. The molecule has 1 heterocycles. The molecule has 0 radical (unpaired) electrons. The minimum absolute atomic E-state index is 0.163. The van der Waals surface area contributed by atoms with Gasteiger partial charge in [0.2, 0.25) is 0 Å². The predicted molar refractivity (Wildman–Crippen MR) is 69.3 cm³/mol. The molecule has 1 aliphatic rings. The van der Waals surface area contributed by atoms with Crippen molar-refractivity contribution in [1.29, 1.82) is 0 Å². The third-order valence-electron chi connectivity index (χ3n) is 3.02. The second kappa shape index (κ2) is 5.65. The Kier molecular flexibility index (Phi) is 4.18. The summed E-state index contributed by atoms with van der Waals surface area (Å²) in [4.78, 5) is 15.5. The number of hydrogen-bond donors (Lipinski definition) is 1. The van der Waals surface area contributed by atoms with Crippen LogP contribution in [0.3, 0.4) is 0 Å². The van der Waals surface area contributed by atoms with Gasteiger partial charge in [0.05, 0.1) is 6.54 Å². The fourth-order valence-electron chi connectivity index (χ4n) is 1.96. The molecule has 0 saturated heterocycles. The minimum atomic E-state index is -0.724. The summed E-state index contributed by atoms with van der Waals surface area (Å²) in [6, 6.07) is 4.28. The first kappa shape index (κ1) is 12.6. The fourth-order valence-corrected chi connectivity index (χ4v) is 2.96. The minimum Gasteiger partial charge on any atom is -0.480 e. The van der Waals surface area contributed by atoms with E-state index in [1.807, 2.05) is 0 Å². The van der Waals surface area contributed by atoms with Crippen LogP contribution in [0.1, 0.15) is 29.5 Å². The van der Waals surface area contributed by atoms with Crippen molar-refractivity contribution in [3.8, 4) is 0 Å². The number of aliphatic carboxylic acids is 1. The maximum Gasteiger partial charge on any atom is 0.317 e. The van der Waals surface area contributed by atoms with Crippen molar-refractivity contribution in [1.82, 2.24) is 4.90 Å². The van der Waals surface area contributed by atoms with Crippen molar-refractivity contribution in [2.24, 2.45) is 5.92 Å². The van der Waals surface area contributed by atoms with Gasteiger partial charge in [-0.15, -0.1) is 11.3 Å². The first-order chi connectivity index (χ1) is 8.17. The molecule has 1 aromatic heterocycles. The zero-order valence-electron chi connectivity index (χ0n) is 10.2. The molecule has 1 N–H and O–H groups in total. The SMILES string of the molecule is CCc1ccc(CN(CC(=O)O)CC2CC2)s1. The van der Waals surface area contributed by atoms with E-state index in [1.54, 1.807) is 11.3 Å². The number of carbonyl (C=O) groups is 1. The summed E-state index contributed by atoms with van der Waals surface area (Å²) in [5, 5.41) is 8.91. The van der Waals surface area contributed by atoms with Gasteiger partial charge >= 0.3 is 5.97 Å². The summed E-state index contributed by atoms with van der Waals surface area (Å²) in [5.74, 6) is 0.0119. The summed E-state index contributed by atoms with van der Waals surface area (Å²) in [5.41, 5.74) is 0. The van der Waals surface area contributed by atoms with Gasteiger partial charge in [-0.1, -0.05) is 6.92 Å². The summed E-state index contributed by atoms with van der Waals surface area (Å²) < 4.78 is 0. The predicted octanol–water partition coefficient (Wildman–Crippen LogP) is 2.61. The van der Waals surface area contributed by atoms with Crippen LogP contribution in [-0.2, 0) is 17.8 Å². The number of aryl methyl sites for hydroxylation is 1. The van der Waals surface area contributed by atoms with Gasteiger partial charge in [0.1, 0.15) is 0 Å². The molecule has 0 amide bonds. The Labute approximate surface area is 106 Å². The summed E-state index contributed by atoms with van der Waals surface area (Å²) >= 11 is 1.80. The van der Waals surface area contributed by atoms with Crippen LogP contribution in [0.5, 0.6) is 0 Å². The Hall–Kier alpha value is -0.870. The van der Waals surface area contributed by atoms with E-state index in [4.69, 9.17) is 5.11 Å². The molecule has 1 fully saturated rings. The molecule has 1 saturated carbocycles. The lowest BCUT2D eigenvalue weighted by molar-refractivity contribution is -0.138. The number of carboxylic acid groups (broad SMARTS) is 1. The first-order valence-corrected chi connectivity index (χ1v) is 7.00. The van der Waals surface area contributed by atoms with Crippen molar-refractivity contribution in [2.45, 2.75) is 32.7 Å². The van der Waals surface area contributed by atoms with Crippen LogP contribution in [0, 0.1) is 5.92 Å². The third kappa shape index (κ3) is 4.13. The Morgan fingerprint density at radius 2 is 2.18 bits per heavy atom. The van der Waals surface area contributed by atoms with E-state index in [9.17, 15) is 4.79 Å². The number of hydrogen-bond acceptors (Lipinski definition) is 3. The highest BCUT2D eigenvalue weighted by Gasteiger charge is 2.25. The Morgan fingerprint density at radius 1 is 1.47 bits per heavy atom. The molecule has 0 spiro atoms. The highest BCUT2D eigenvalue weighted by atomic mass is 32.1. The van der Waals surface area contributed by atoms with Gasteiger partial charge in [0.25, 0.3) is 0 Å². The lowest BCUT2D eigenvalue weighted by Gasteiger charge is -2.18.